The van der Waals surface area contributed by atoms with Gasteiger partial charge in [0.15, 0.2) is 0 Å². The van der Waals surface area contributed by atoms with Gasteiger partial charge in [-0.2, -0.15) is 0 Å². The minimum Gasteiger partial charge on any atom is 0.0494 e. The van der Waals surface area contributed by atoms with Crippen molar-refractivity contribution in [1.82, 2.24) is 9.88 Å². The Morgan fingerprint density at radius 2 is 1.75 bits per heavy atom. The Hall–Kier alpha value is -3.39. The molecule has 5 rings (SSSR count). The summed E-state index contributed by atoms with van der Waals surface area (Å²) in [6.07, 6.45) is 5.57. The van der Waals surface area contributed by atoms with Gasteiger partial charge in [0.1, 0.15) is 5.60 Å². The normalized spacial score (nSPS) is 17.5. The second-order valence-corrected chi connectivity index (χ2v) is 19.7. The maximum absolute atomic E-state index is 13.5. The SMILES string of the molecule is CC(C)(C)OC(=O)N1CCc2nc(NC(=O)c3cc(Oc4ccc(I(C)(=O)C=O)cc4)cc(OC4CCCCC4)c3)sc2C1. The predicted octanol–water partition coefficient (Wildman–Crippen LogP) is 7.57. The van der Waals surface area contributed by atoms with E-state index in [4.69, 9.17) is 14.2 Å². The van der Waals surface area contributed by atoms with E-state index < -0.39 is 24.0 Å². The smallest absolute Gasteiger partial charge is 0.0494 e. The molecule has 1 aliphatic heterocycles. The van der Waals surface area contributed by atoms with Crippen molar-refractivity contribution in [3.05, 3.63) is 62.2 Å². The second kappa shape index (κ2) is 13.3. The van der Waals surface area contributed by atoms with E-state index in [0.717, 1.165) is 36.3 Å². The molecule has 3 aromatic rings. The first-order chi connectivity index (χ1) is 20.9. The summed E-state index contributed by atoms with van der Waals surface area (Å²) >= 11 is -2.49. The molecule has 1 N–H and O–H groups in total. The fourth-order valence-corrected chi connectivity index (χ4v) is 8.15. The molecule has 0 spiro atoms. The number of halogens is 1. The quantitative estimate of drug-likeness (QED) is 0.109. The van der Waals surface area contributed by atoms with E-state index >= 15 is 0 Å². The molecule has 0 radical (unpaired) electrons. The molecule has 10 nitrogen and oxygen atoms in total. The number of carbonyl (C=O) groups is 3. The van der Waals surface area contributed by atoms with Crippen LogP contribution in [-0.4, -0.2) is 49.4 Å². The molecule has 44 heavy (non-hydrogen) atoms. The Morgan fingerprint density at radius 1 is 1.05 bits per heavy atom. The summed E-state index contributed by atoms with van der Waals surface area (Å²) in [7, 11) is 0. The van der Waals surface area contributed by atoms with Crippen molar-refractivity contribution in [1.29, 1.82) is 0 Å². The van der Waals surface area contributed by atoms with Crippen molar-refractivity contribution < 1.29 is 31.7 Å². The van der Waals surface area contributed by atoms with Crippen LogP contribution in [0.25, 0.3) is 0 Å². The number of rotatable bonds is 8. The van der Waals surface area contributed by atoms with Gasteiger partial charge in [0.2, 0.25) is 0 Å². The van der Waals surface area contributed by atoms with Gasteiger partial charge in [0.05, 0.1) is 12.2 Å². The fourth-order valence-electron chi connectivity index (χ4n) is 5.05. The van der Waals surface area contributed by atoms with Crippen LogP contribution in [0.2, 0.25) is 0 Å². The number of hydrogen-bond acceptors (Lipinski definition) is 9. The Balaban J connectivity index is 1.33. The average molecular weight is 736 g/mol. The first-order valence-electron chi connectivity index (χ1n) is 14.6. The zero-order valence-electron chi connectivity index (χ0n) is 25.4. The molecule has 12 heteroatoms. The summed E-state index contributed by atoms with van der Waals surface area (Å²) in [6.45, 7) is 6.38. The molecule has 1 saturated carbocycles. The van der Waals surface area contributed by atoms with Crippen LogP contribution in [0.4, 0.5) is 9.93 Å². The van der Waals surface area contributed by atoms with Crippen molar-refractivity contribution in [3.63, 3.8) is 0 Å². The van der Waals surface area contributed by atoms with Crippen LogP contribution in [0.3, 0.4) is 0 Å². The van der Waals surface area contributed by atoms with E-state index in [-0.39, 0.29) is 18.1 Å². The number of nitrogens with zero attached hydrogens (tertiary/aromatic N) is 2. The zero-order valence-corrected chi connectivity index (χ0v) is 28.4. The summed E-state index contributed by atoms with van der Waals surface area (Å²) < 4.78 is 31.5. The van der Waals surface area contributed by atoms with E-state index in [1.165, 1.54) is 22.7 Å². The molecule has 2 amide bonds. The number of anilines is 1. The number of thiazole rings is 1. The van der Waals surface area contributed by atoms with Crippen LogP contribution in [-0.2, 0) is 25.6 Å². The van der Waals surface area contributed by atoms with Crippen LogP contribution in [0.1, 0.15) is 73.8 Å². The van der Waals surface area contributed by atoms with Crippen molar-refractivity contribution in [2.24, 2.45) is 0 Å². The number of benzene rings is 2. The van der Waals surface area contributed by atoms with E-state index in [9.17, 15) is 17.5 Å². The van der Waals surface area contributed by atoms with Crippen LogP contribution in [0, 0.1) is 3.57 Å². The molecule has 1 aliphatic carbocycles. The summed E-state index contributed by atoms with van der Waals surface area (Å²) in [5.74, 6) is 1.05. The van der Waals surface area contributed by atoms with Crippen molar-refractivity contribution in [3.8, 4) is 17.2 Å². The Bertz CT molecular complexity index is 1580. The van der Waals surface area contributed by atoms with Crippen molar-refractivity contribution in [2.75, 3.05) is 16.8 Å². The molecule has 0 saturated heterocycles. The number of carbonyl (C=O) groups excluding carboxylic acids is 3. The van der Waals surface area contributed by atoms with E-state index in [2.05, 4.69) is 10.3 Å². The minimum atomic E-state index is -3.83. The summed E-state index contributed by atoms with van der Waals surface area (Å²) in [6, 6.07) is 11.7. The Morgan fingerprint density at radius 3 is 2.43 bits per heavy atom. The molecule has 0 bridgehead atoms. The monoisotopic (exact) mass is 735 g/mol. The summed E-state index contributed by atoms with van der Waals surface area (Å²) in [5, 5.41) is 3.36. The maximum atomic E-state index is 13.5. The predicted molar refractivity (Wildman–Crippen MR) is 177 cm³/mol. The molecular weight excluding hydrogens is 697 g/mol. The third kappa shape index (κ3) is 8.20. The van der Waals surface area contributed by atoms with Crippen LogP contribution < -0.4 is 14.8 Å². The number of hydrogen-bond donors (Lipinski definition) is 1. The number of fused-ring (bicyclic) bond motifs is 1. The third-order valence-electron chi connectivity index (χ3n) is 7.25. The van der Waals surface area contributed by atoms with Crippen LogP contribution in [0.5, 0.6) is 17.2 Å². The second-order valence-electron chi connectivity index (χ2n) is 12.0. The van der Waals surface area contributed by atoms with Gasteiger partial charge in [-0.05, 0) is 20.8 Å². The molecule has 1 atom stereocenters. The molecule has 1 unspecified atom stereocenters. The van der Waals surface area contributed by atoms with E-state index in [1.807, 2.05) is 20.8 Å². The topological polar surface area (TPSA) is 124 Å². The molecule has 1 aromatic heterocycles. The summed E-state index contributed by atoms with van der Waals surface area (Å²) in [4.78, 5) is 46.0. The molecule has 1 fully saturated rings. The van der Waals surface area contributed by atoms with Gasteiger partial charge in [-0.25, -0.2) is 4.79 Å². The van der Waals surface area contributed by atoms with Gasteiger partial charge in [-0.1, -0.05) is 6.42 Å². The number of amides is 2. The van der Waals surface area contributed by atoms with E-state index in [1.54, 1.807) is 47.4 Å². The molecular formula is C32H38IN3O7S. The Kier molecular flexibility index (Phi) is 9.68. The van der Waals surface area contributed by atoms with E-state index in [0.29, 0.717) is 55.3 Å². The molecule has 2 aliphatic rings. The van der Waals surface area contributed by atoms with Crippen LogP contribution in [0.15, 0.2) is 42.5 Å². The first-order valence-corrected chi connectivity index (χ1v) is 20.8. The fraction of sp³-hybridized carbons (Fsp3) is 0.438. The minimum absolute atomic E-state index is 0.0669. The zero-order chi connectivity index (χ0) is 31.5. The van der Waals surface area contributed by atoms with Gasteiger partial charge in [0.25, 0.3) is 0 Å². The van der Waals surface area contributed by atoms with Gasteiger partial charge in [-0.15, -0.1) is 0 Å². The average Bonchev–Trinajstić information content (AvgIpc) is 3.38. The summed E-state index contributed by atoms with van der Waals surface area (Å²) in [5.41, 5.74) is 0.623. The number of aromatic nitrogens is 1. The van der Waals surface area contributed by atoms with Gasteiger partial charge in [-0.3, -0.25) is 0 Å². The van der Waals surface area contributed by atoms with Crippen LogP contribution >= 0.6 is 29.8 Å². The number of alkyl halides is 1. The van der Waals surface area contributed by atoms with Crippen molar-refractivity contribution >= 4 is 51.2 Å². The standard InChI is InChI=1S/C32H38IN3O7S/c1-32(2,3)43-31(39)36-15-14-27-28(19-36)44-30(34-27)35-29(38)21-16-25(41-23-8-6-5-7-9-23)18-26(17-21)42-24-12-10-22(11-13-24)33(4,40)20-37/h10-13,16-18,20,23H,5-9,14-15,19H2,1-4H3,(H,34,35,38). The number of nitrogens with one attached hydrogen (secondary N) is 1. The first kappa shape index (κ1) is 32.0. The third-order valence-corrected chi connectivity index (χ3v) is 12.4. The van der Waals surface area contributed by atoms with Gasteiger partial charge >= 0.3 is 189 Å². The van der Waals surface area contributed by atoms with Crippen molar-refractivity contribution in [2.45, 2.75) is 77.5 Å². The van der Waals surface area contributed by atoms with Gasteiger partial charge in [0, 0.05) is 17.8 Å². The van der Waals surface area contributed by atoms with Gasteiger partial charge < -0.3 is 9.64 Å². The molecule has 2 aromatic carbocycles. The molecule has 2 heterocycles. The Labute approximate surface area is 265 Å². The molecule has 236 valence electrons. The number of ether oxygens (including phenoxy) is 3.